The smallest absolute Gasteiger partial charge is 0.162 e. The standard InChI is InChI=1S/C10H11FO/c1-8(10(11)7-12)9-5-3-2-4-6-9/h2-8,10H,1H3/t8-,10+/m0/s1. The summed E-state index contributed by atoms with van der Waals surface area (Å²) >= 11 is 0. The van der Waals surface area contributed by atoms with Gasteiger partial charge in [0, 0.05) is 5.92 Å². The largest absolute Gasteiger partial charge is 0.300 e. The van der Waals surface area contributed by atoms with Crippen LogP contribution in [0.25, 0.3) is 0 Å². The van der Waals surface area contributed by atoms with Crippen LogP contribution in [0.2, 0.25) is 0 Å². The minimum absolute atomic E-state index is 0.344. The van der Waals surface area contributed by atoms with Crippen LogP contribution in [0.3, 0.4) is 0 Å². The van der Waals surface area contributed by atoms with E-state index < -0.39 is 6.17 Å². The van der Waals surface area contributed by atoms with E-state index in [0.29, 0.717) is 6.29 Å². The molecule has 0 heterocycles. The van der Waals surface area contributed by atoms with Gasteiger partial charge in [0.1, 0.15) is 0 Å². The molecule has 0 aliphatic rings. The van der Waals surface area contributed by atoms with E-state index in [4.69, 9.17) is 0 Å². The Labute approximate surface area is 71.2 Å². The first-order chi connectivity index (χ1) is 5.75. The highest BCUT2D eigenvalue weighted by Gasteiger charge is 2.16. The molecule has 0 bridgehead atoms. The van der Waals surface area contributed by atoms with Crippen molar-refractivity contribution in [2.75, 3.05) is 0 Å². The van der Waals surface area contributed by atoms with Crippen LogP contribution in [0.15, 0.2) is 30.3 Å². The maximum atomic E-state index is 12.8. The molecule has 2 atom stereocenters. The Hall–Kier alpha value is -1.18. The van der Waals surface area contributed by atoms with E-state index in [1.165, 1.54) is 0 Å². The van der Waals surface area contributed by atoms with Gasteiger partial charge in [0.05, 0.1) is 0 Å². The van der Waals surface area contributed by atoms with Crippen molar-refractivity contribution in [3.8, 4) is 0 Å². The highest BCUT2D eigenvalue weighted by molar-refractivity contribution is 5.58. The van der Waals surface area contributed by atoms with Gasteiger partial charge in [-0.05, 0) is 5.56 Å². The van der Waals surface area contributed by atoms with Crippen LogP contribution in [-0.4, -0.2) is 12.5 Å². The van der Waals surface area contributed by atoms with Gasteiger partial charge >= 0.3 is 0 Å². The molecule has 1 rings (SSSR count). The fraction of sp³-hybridized carbons (Fsp3) is 0.300. The maximum absolute atomic E-state index is 12.8. The summed E-state index contributed by atoms with van der Waals surface area (Å²) in [7, 11) is 0. The van der Waals surface area contributed by atoms with E-state index in [9.17, 15) is 9.18 Å². The summed E-state index contributed by atoms with van der Waals surface area (Å²) in [6, 6.07) is 9.18. The monoisotopic (exact) mass is 166 g/mol. The molecular formula is C10H11FO. The van der Waals surface area contributed by atoms with Crippen molar-refractivity contribution in [2.24, 2.45) is 0 Å². The van der Waals surface area contributed by atoms with Crippen LogP contribution in [0.4, 0.5) is 4.39 Å². The summed E-state index contributed by atoms with van der Waals surface area (Å²) in [6.45, 7) is 1.70. The highest BCUT2D eigenvalue weighted by atomic mass is 19.1. The number of carbonyl (C=O) groups is 1. The number of aldehydes is 1. The molecule has 0 spiro atoms. The molecule has 1 aromatic rings. The van der Waals surface area contributed by atoms with Crippen LogP contribution >= 0.6 is 0 Å². The molecule has 1 nitrogen and oxygen atoms in total. The molecule has 12 heavy (non-hydrogen) atoms. The molecule has 2 heteroatoms. The second kappa shape index (κ2) is 4.00. The molecule has 0 saturated carbocycles. The normalized spacial score (nSPS) is 15.2. The van der Waals surface area contributed by atoms with Gasteiger partial charge in [-0.15, -0.1) is 0 Å². The predicted octanol–water partition coefficient (Wildman–Crippen LogP) is 2.33. The van der Waals surface area contributed by atoms with Gasteiger partial charge in [0.15, 0.2) is 12.5 Å². The van der Waals surface area contributed by atoms with Crippen molar-refractivity contribution in [2.45, 2.75) is 19.0 Å². The molecule has 0 unspecified atom stereocenters. The molecule has 1 aromatic carbocycles. The lowest BCUT2D eigenvalue weighted by Crippen LogP contribution is -2.11. The molecule has 0 aliphatic heterocycles. The zero-order valence-electron chi connectivity index (χ0n) is 6.91. The third-order valence-electron chi connectivity index (χ3n) is 1.93. The third-order valence-corrected chi connectivity index (χ3v) is 1.93. The summed E-state index contributed by atoms with van der Waals surface area (Å²) < 4.78 is 12.8. The quantitative estimate of drug-likeness (QED) is 0.630. The van der Waals surface area contributed by atoms with Crippen molar-refractivity contribution in [3.63, 3.8) is 0 Å². The van der Waals surface area contributed by atoms with Crippen molar-refractivity contribution >= 4 is 6.29 Å². The molecule has 0 amide bonds. The summed E-state index contributed by atoms with van der Waals surface area (Å²) in [4.78, 5) is 10.1. The molecule has 0 N–H and O–H groups in total. The van der Waals surface area contributed by atoms with E-state index in [1.807, 2.05) is 30.3 Å². The number of rotatable bonds is 3. The second-order valence-electron chi connectivity index (χ2n) is 2.78. The topological polar surface area (TPSA) is 17.1 Å². The minimum Gasteiger partial charge on any atom is -0.300 e. The van der Waals surface area contributed by atoms with E-state index in [2.05, 4.69) is 0 Å². The molecule has 0 radical (unpaired) electrons. The van der Waals surface area contributed by atoms with Gasteiger partial charge in [-0.3, -0.25) is 0 Å². The molecular weight excluding hydrogens is 155 g/mol. The van der Waals surface area contributed by atoms with Gasteiger partial charge in [-0.1, -0.05) is 37.3 Å². The summed E-state index contributed by atoms with van der Waals surface area (Å²) in [5, 5.41) is 0. The first-order valence-corrected chi connectivity index (χ1v) is 3.90. The van der Waals surface area contributed by atoms with Gasteiger partial charge in [0.2, 0.25) is 0 Å². The Morgan fingerprint density at radius 3 is 2.42 bits per heavy atom. The molecule has 0 aromatic heterocycles. The number of alkyl halides is 1. The molecule has 64 valence electrons. The van der Waals surface area contributed by atoms with Crippen LogP contribution in [0, 0.1) is 0 Å². The fourth-order valence-electron chi connectivity index (χ4n) is 1.06. The molecule has 0 fully saturated rings. The Bertz CT molecular complexity index is 245. The van der Waals surface area contributed by atoms with Crippen LogP contribution in [0.1, 0.15) is 18.4 Å². The predicted molar refractivity (Wildman–Crippen MR) is 45.8 cm³/mol. The van der Waals surface area contributed by atoms with Crippen LogP contribution < -0.4 is 0 Å². The van der Waals surface area contributed by atoms with Gasteiger partial charge in [-0.2, -0.15) is 0 Å². The summed E-state index contributed by atoms with van der Waals surface area (Å²) in [5.74, 6) is -0.344. The van der Waals surface area contributed by atoms with E-state index in [1.54, 1.807) is 6.92 Å². The van der Waals surface area contributed by atoms with Crippen molar-refractivity contribution in [1.82, 2.24) is 0 Å². The molecule has 0 aliphatic carbocycles. The van der Waals surface area contributed by atoms with Crippen molar-refractivity contribution in [3.05, 3.63) is 35.9 Å². The first-order valence-electron chi connectivity index (χ1n) is 3.90. The SMILES string of the molecule is C[C@@H](c1ccccc1)[C@H](F)C=O. The Kier molecular flexibility index (Phi) is 2.97. The summed E-state index contributed by atoms with van der Waals surface area (Å²) in [5.41, 5.74) is 0.858. The Morgan fingerprint density at radius 2 is 1.92 bits per heavy atom. The number of carbonyl (C=O) groups excluding carboxylic acids is 1. The molecule has 0 saturated heterocycles. The van der Waals surface area contributed by atoms with Crippen LogP contribution in [0.5, 0.6) is 0 Å². The fourth-order valence-corrected chi connectivity index (χ4v) is 1.06. The third kappa shape index (κ3) is 1.91. The Morgan fingerprint density at radius 1 is 1.33 bits per heavy atom. The number of hydrogen-bond donors (Lipinski definition) is 0. The highest BCUT2D eigenvalue weighted by Crippen LogP contribution is 2.19. The van der Waals surface area contributed by atoms with Crippen molar-refractivity contribution < 1.29 is 9.18 Å². The zero-order valence-corrected chi connectivity index (χ0v) is 6.91. The average Bonchev–Trinajstić information content (AvgIpc) is 2.17. The zero-order chi connectivity index (χ0) is 8.97. The van der Waals surface area contributed by atoms with Gasteiger partial charge in [0.25, 0.3) is 0 Å². The van der Waals surface area contributed by atoms with E-state index in [0.717, 1.165) is 5.56 Å². The van der Waals surface area contributed by atoms with Crippen molar-refractivity contribution in [1.29, 1.82) is 0 Å². The lowest BCUT2D eigenvalue weighted by atomic mass is 9.97. The number of benzene rings is 1. The minimum atomic E-state index is -1.40. The second-order valence-corrected chi connectivity index (χ2v) is 2.78. The van der Waals surface area contributed by atoms with Gasteiger partial charge < -0.3 is 4.79 Å². The lowest BCUT2D eigenvalue weighted by Gasteiger charge is -2.10. The van der Waals surface area contributed by atoms with Crippen LogP contribution in [-0.2, 0) is 4.79 Å². The Balaban J connectivity index is 2.78. The summed E-state index contributed by atoms with van der Waals surface area (Å²) in [6.07, 6.45) is -1.05. The lowest BCUT2D eigenvalue weighted by molar-refractivity contribution is -0.112. The maximum Gasteiger partial charge on any atom is 0.162 e. The first kappa shape index (κ1) is 8.91. The van der Waals surface area contributed by atoms with E-state index in [-0.39, 0.29) is 5.92 Å². The van der Waals surface area contributed by atoms with Gasteiger partial charge in [-0.25, -0.2) is 4.39 Å². The number of hydrogen-bond acceptors (Lipinski definition) is 1. The average molecular weight is 166 g/mol. The number of halogens is 1. The van der Waals surface area contributed by atoms with E-state index >= 15 is 0 Å².